The summed E-state index contributed by atoms with van der Waals surface area (Å²) in [5.41, 5.74) is 1.45. The topological polar surface area (TPSA) is 60.2 Å². The van der Waals surface area contributed by atoms with Crippen LogP contribution in [-0.2, 0) is 11.8 Å². The molecular formula is C14H16N4O2. The summed E-state index contributed by atoms with van der Waals surface area (Å²) in [4.78, 5) is 22.6. The first-order chi connectivity index (χ1) is 9.75. The van der Waals surface area contributed by atoms with Crippen molar-refractivity contribution >= 4 is 5.91 Å². The lowest BCUT2D eigenvalue weighted by Gasteiger charge is -2.32. The smallest absolute Gasteiger partial charge is 0.270 e. The number of amides is 1. The number of carbonyl (C=O) groups is 1. The Morgan fingerprint density at radius 2 is 2.35 bits per heavy atom. The SMILES string of the molecule is Cn1cccc1C(=O)N1CCO[C@@H](c2cnccn2)C1. The number of rotatable bonds is 2. The zero-order valence-electron chi connectivity index (χ0n) is 11.3. The molecule has 2 aromatic heterocycles. The van der Waals surface area contributed by atoms with E-state index < -0.39 is 0 Å². The fourth-order valence-corrected chi connectivity index (χ4v) is 2.33. The molecule has 0 spiro atoms. The normalized spacial score (nSPS) is 19.1. The quantitative estimate of drug-likeness (QED) is 0.819. The van der Waals surface area contributed by atoms with E-state index in [2.05, 4.69) is 9.97 Å². The van der Waals surface area contributed by atoms with E-state index in [1.165, 1.54) is 0 Å². The molecule has 0 aliphatic carbocycles. The molecule has 2 aromatic rings. The van der Waals surface area contributed by atoms with Crippen LogP contribution in [0.3, 0.4) is 0 Å². The summed E-state index contributed by atoms with van der Waals surface area (Å²) in [7, 11) is 1.87. The first-order valence-corrected chi connectivity index (χ1v) is 6.54. The lowest BCUT2D eigenvalue weighted by molar-refractivity contribution is -0.0252. The molecule has 1 saturated heterocycles. The van der Waals surface area contributed by atoms with Gasteiger partial charge in [0, 0.05) is 32.2 Å². The minimum absolute atomic E-state index is 0.0229. The minimum Gasteiger partial charge on any atom is -0.368 e. The van der Waals surface area contributed by atoms with Crippen LogP contribution in [0.5, 0.6) is 0 Å². The summed E-state index contributed by atoms with van der Waals surface area (Å²) in [6.45, 7) is 1.61. The second-order valence-corrected chi connectivity index (χ2v) is 4.75. The highest BCUT2D eigenvalue weighted by Crippen LogP contribution is 2.21. The zero-order valence-corrected chi connectivity index (χ0v) is 11.3. The highest BCUT2D eigenvalue weighted by Gasteiger charge is 2.27. The van der Waals surface area contributed by atoms with E-state index in [-0.39, 0.29) is 12.0 Å². The Bertz CT molecular complexity index is 596. The van der Waals surface area contributed by atoms with Crippen molar-refractivity contribution in [2.24, 2.45) is 7.05 Å². The Labute approximate surface area is 117 Å². The maximum atomic E-state index is 12.5. The molecule has 1 aliphatic rings. The van der Waals surface area contributed by atoms with Gasteiger partial charge in [0.15, 0.2) is 0 Å². The fraction of sp³-hybridized carbons (Fsp3) is 0.357. The molecule has 1 aliphatic heterocycles. The highest BCUT2D eigenvalue weighted by molar-refractivity contribution is 5.92. The third-order valence-electron chi connectivity index (χ3n) is 3.43. The van der Waals surface area contributed by atoms with Gasteiger partial charge in [0.1, 0.15) is 11.8 Å². The van der Waals surface area contributed by atoms with Crippen molar-refractivity contribution in [3.8, 4) is 0 Å². The van der Waals surface area contributed by atoms with Gasteiger partial charge >= 0.3 is 0 Å². The van der Waals surface area contributed by atoms with Crippen LogP contribution in [0.4, 0.5) is 0 Å². The molecule has 1 fully saturated rings. The van der Waals surface area contributed by atoms with Crippen LogP contribution in [-0.4, -0.2) is 45.0 Å². The molecule has 0 saturated carbocycles. The molecule has 0 bridgehead atoms. The zero-order chi connectivity index (χ0) is 13.9. The molecule has 1 atom stereocenters. The van der Waals surface area contributed by atoms with Crippen LogP contribution in [0.1, 0.15) is 22.3 Å². The van der Waals surface area contributed by atoms with E-state index in [1.54, 1.807) is 23.5 Å². The van der Waals surface area contributed by atoms with Gasteiger partial charge in [-0.3, -0.25) is 14.8 Å². The van der Waals surface area contributed by atoms with Crippen LogP contribution < -0.4 is 0 Å². The Kier molecular flexibility index (Phi) is 3.47. The molecule has 6 heteroatoms. The molecule has 6 nitrogen and oxygen atoms in total. The highest BCUT2D eigenvalue weighted by atomic mass is 16.5. The largest absolute Gasteiger partial charge is 0.368 e. The number of ether oxygens (including phenoxy) is 1. The summed E-state index contributed by atoms with van der Waals surface area (Å²) in [6.07, 6.45) is 6.60. The number of carbonyl (C=O) groups excluding carboxylic acids is 1. The van der Waals surface area contributed by atoms with Gasteiger partial charge in [-0.15, -0.1) is 0 Å². The third-order valence-corrected chi connectivity index (χ3v) is 3.43. The van der Waals surface area contributed by atoms with Gasteiger partial charge in [-0.25, -0.2) is 0 Å². The summed E-state index contributed by atoms with van der Waals surface area (Å²) in [6, 6.07) is 3.70. The monoisotopic (exact) mass is 272 g/mol. The van der Waals surface area contributed by atoms with Gasteiger partial charge in [-0.2, -0.15) is 0 Å². The number of hydrogen-bond donors (Lipinski definition) is 0. The maximum Gasteiger partial charge on any atom is 0.270 e. The maximum absolute atomic E-state index is 12.5. The first-order valence-electron chi connectivity index (χ1n) is 6.54. The number of morpholine rings is 1. The van der Waals surface area contributed by atoms with E-state index >= 15 is 0 Å². The Balaban J connectivity index is 1.76. The molecule has 0 aromatic carbocycles. The molecule has 104 valence electrons. The number of aryl methyl sites for hydroxylation is 1. The Hall–Kier alpha value is -2.21. The predicted molar refractivity (Wildman–Crippen MR) is 72.0 cm³/mol. The Morgan fingerprint density at radius 3 is 3.05 bits per heavy atom. The van der Waals surface area contributed by atoms with E-state index in [4.69, 9.17) is 4.74 Å². The third kappa shape index (κ3) is 2.42. The van der Waals surface area contributed by atoms with Crippen molar-refractivity contribution in [3.63, 3.8) is 0 Å². The van der Waals surface area contributed by atoms with Crippen molar-refractivity contribution in [2.45, 2.75) is 6.10 Å². The molecular weight excluding hydrogens is 256 g/mol. The van der Waals surface area contributed by atoms with Gasteiger partial charge in [0.2, 0.25) is 0 Å². The molecule has 20 heavy (non-hydrogen) atoms. The van der Waals surface area contributed by atoms with Gasteiger partial charge < -0.3 is 14.2 Å². The summed E-state index contributed by atoms with van der Waals surface area (Å²) in [5, 5.41) is 0. The van der Waals surface area contributed by atoms with Crippen LogP contribution in [0, 0.1) is 0 Å². The van der Waals surface area contributed by atoms with Gasteiger partial charge in [-0.05, 0) is 12.1 Å². The number of aromatic nitrogens is 3. The van der Waals surface area contributed by atoms with Crippen LogP contribution in [0.25, 0.3) is 0 Å². The van der Waals surface area contributed by atoms with Gasteiger partial charge in [0.05, 0.1) is 25.0 Å². The summed E-state index contributed by atoms with van der Waals surface area (Å²) in [5.74, 6) is 0.0229. The Morgan fingerprint density at radius 1 is 1.45 bits per heavy atom. The van der Waals surface area contributed by atoms with E-state index in [0.29, 0.717) is 25.4 Å². The molecule has 1 amide bonds. The van der Waals surface area contributed by atoms with E-state index in [0.717, 1.165) is 5.69 Å². The van der Waals surface area contributed by atoms with E-state index in [1.807, 2.05) is 29.9 Å². The van der Waals surface area contributed by atoms with Gasteiger partial charge in [-0.1, -0.05) is 0 Å². The summed E-state index contributed by atoms with van der Waals surface area (Å²) >= 11 is 0. The first kappa shape index (κ1) is 12.8. The second kappa shape index (κ2) is 5.42. The van der Waals surface area contributed by atoms with Crippen molar-refractivity contribution in [1.29, 1.82) is 0 Å². The number of hydrogen-bond acceptors (Lipinski definition) is 4. The average molecular weight is 272 g/mol. The lowest BCUT2D eigenvalue weighted by Crippen LogP contribution is -2.43. The molecule has 3 heterocycles. The van der Waals surface area contributed by atoms with Crippen molar-refractivity contribution in [2.75, 3.05) is 19.7 Å². The lowest BCUT2D eigenvalue weighted by atomic mass is 10.2. The van der Waals surface area contributed by atoms with Crippen molar-refractivity contribution in [1.82, 2.24) is 19.4 Å². The van der Waals surface area contributed by atoms with E-state index in [9.17, 15) is 4.79 Å². The molecule has 3 rings (SSSR count). The van der Waals surface area contributed by atoms with Crippen LogP contribution >= 0.6 is 0 Å². The second-order valence-electron chi connectivity index (χ2n) is 4.75. The average Bonchev–Trinajstić information content (AvgIpc) is 2.94. The molecule has 0 unspecified atom stereocenters. The molecule has 0 N–H and O–H groups in total. The fourth-order valence-electron chi connectivity index (χ4n) is 2.33. The summed E-state index contributed by atoms with van der Waals surface area (Å²) < 4.78 is 7.52. The van der Waals surface area contributed by atoms with Crippen LogP contribution in [0.2, 0.25) is 0 Å². The minimum atomic E-state index is -0.207. The van der Waals surface area contributed by atoms with Crippen molar-refractivity contribution < 1.29 is 9.53 Å². The van der Waals surface area contributed by atoms with Gasteiger partial charge in [0.25, 0.3) is 5.91 Å². The standard InChI is InChI=1S/C14H16N4O2/c1-17-6-2-3-12(17)14(19)18-7-8-20-13(10-18)11-9-15-4-5-16-11/h2-6,9,13H,7-8,10H2,1H3/t13-/m1/s1. The number of nitrogens with zero attached hydrogens (tertiary/aromatic N) is 4. The predicted octanol–water partition coefficient (Wildman–Crippen LogP) is 1.03. The van der Waals surface area contributed by atoms with Crippen LogP contribution in [0.15, 0.2) is 36.9 Å². The molecule has 0 radical (unpaired) electrons. The van der Waals surface area contributed by atoms with Crippen molar-refractivity contribution in [3.05, 3.63) is 48.3 Å².